The lowest BCUT2D eigenvalue weighted by Gasteiger charge is -2.18. The summed E-state index contributed by atoms with van der Waals surface area (Å²) < 4.78 is 32.4. The van der Waals surface area contributed by atoms with Crippen LogP contribution in [0.1, 0.15) is 29.4 Å². The Morgan fingerprint density at radius 1 is 1.29 bits per heavy atom. The van der Waals surface area contributed by atoms with Crippen molar-refractivity contribution in [2.45, 2.75) is 39.5 Å². The Hall–Kier alpha value is -2.39. The summed E-state index contributed by atoms with van der Waals surface area (Å²) in [5.41, 5.74) is 4.27. The van der Waals surface area contributed by atoms with Gasteiger partial charge in [0.2, 0.25) is 0 Å². The molecule has 4 rings (SSSR count). The van der Waals surface area contributed by atoms with Crippen molar-refractivity contribution >= 4 is 20.9 Å². The molecule has 1 unspecified atom stereocenters. The number of benzene rings is 1. The summed E-state index contributed by atoms with van der Waals surface area (Å²) in [6.45, 7) is 4.91. The zero-order chi connectivity index (χ0) is 20.1. The quantitative estimate of drug-likeness (QED) is 0.645. The van der Waals surface area contributed by atoms with Gasteiger partial charge in [-0.15, -0.1) is 0 Å². The van der Waals surface area contributed by atoms with Crippen LogP contribution in [-0.4, -0.2) is 46.2 Å². The molecule has 0 radical (unpaired) electrons. The second-order valence-electron chi connectivity index (χ2n) is 7.57. The lowest BCUT2D eigenvalue weighted by atomic mass is 10.2. The molecule has 8 nitrogen and oxygen atoms in total. The van der Waals surface area contributed by atoms with Crippen LogP contribution in [-0.2, 0) is 23.1 Å². The molecule has 3 heterocycles. The van der Waals surface area contributed by atoms with Gasteiger partial charge in [-0.3, -0.25) is 14.1 Å². The van der Waals surface area contributed by atoms with Crippen molar-refractivity contribution in [1.29, 1.82) is 0 Å². The van der Waals surface area contributed by atoms with E-state index < -0.39 is 9.84 Å². The largest absolute Gasteiger partial charge is 0.421 e. The molecule has 0 N–H and O–H groups in total. The molecule has 28 heavy (non-hydrogen) atoms. The fraction of sp³-hybridized carbons (Fsp3) is 0.474. The molecule has 1 aliphatic rings. The van der Waals surface area contributed by atoms with Crippen LogP contribution in [0.3, 0.4) is 0 Å². The molecule has 0 aliphatic carbocycles. The van der Waals surface area contributed by atoms with Crippen molar-refractivity contribution < 1.29 is 12.8 Å². The summed E-state index contributed by atoms with van der Waals surface area (Å²) in [5.74, 6) is -0.00380. The molecular formula is C19H24N4O4S. The van der Waals surface area contributed by atoms with Crippen molar-refractivity contribution in [2.24, 2.45) is 0 Å². The van der Waals surface area contributed by atoms with Gasteiger partial charge in [-0.2, -0.15) is 5.10 Å². The standard InChI is InChI=1S/C19H24N4O4S/c1-13-16(14(2)23(20-13)15-8-9-28(25,26)11-15)10-21(3)12-22-17-6-4-5-7-18(17)27-19(22)24/h4-7,15H,8-12H2,1-3H3. The van der Waals surface area contributed by atoms with Crippen LogP contribution >= 0.6 is 0 Å². The zero-order valence-electron chi connectivity index (χ0n) is 16.3. The normalized spacial score (nSPS) is 19.1. The van der Waals surface area contributed by atoms with E-state index in [9.17, 15) is 13.2 Å². The topological polar surface area (TPSA) is 90.3 Å². The molecule has 0 spiro atoms. The van der Waals surface area contributed by atoms with E-state index in [1.165, 1.54) is 0 Å². The minimum Gasteiger partial charge on any atom is -0.408 e. The number of aromatic nitrogens is 3. The lowest BCUT2D eigenvalue weighted by Crippen LogP contribution is -2.27. The van der Waals surface area contributed by atoms with Gasteiger partial charge in [-0.1, -0.05) is 12.1 Å². The number of hydrogen-bond donors (Lipinski definition) is 0. The third kappa shape index (κ3) is 3.40. The maximum absolute atomic E-state index is 12.2. The van der Waals surface area contributed by atoms with Crippen LogP contribution in [0.5, 0.6) is 0 Å². The number of hydrogen-bond acceptors (Lipinski definition) is 6. The van der Waals surface area contributed by atoms with Crippen molar-refractivity contribution in [3.05, 3.63) is 51.8 Å². The average Bonchev–Trinajstić information content (AvgIpc) is 3.24. The van der Waals surface area contributed by atoms with Gasteiger partial charge in [-0.05, 0) is 39.4 Å². The summed E-state index contributed by atoms with van der Waals surface area (Å²) in [5, 5.41) is 4.61. The fourth-order valence-electron chi connectivity index (χ4n) is 3.96. The van der Waals surface area contributed by atoms with Gasteiger partial charge in [0.15, 0.2) is 15.4 Å². The van der Waals surface area contributed by atoms with Gasteiger partial charge in [0.05, 0.1) is 35.4 Å². The first-order chi connectivity index (χ1) is 13.2. The predicted molar refractivity (Wildman–Crippen MR) is 106 cm³/mol. The molecule has 1 atom stereocenters. The molecule has 1 saturated heterocycles. The van der Waals surface area contributed by atoms with Gasteiger partial charge < -0.3 is 4.42 Å². The Morgan fingerprint density at radius 3 is 2.75 bits per heavy atom. The molecule has 3 aromatic rings. The predicted octanol–water partition coefficient (Wildman–Crippen LogP) is 1.86. The minimum atomic E-state index is -2.97. The molecule has 9 heteroatoms. The highest BCUT2D eigenvalue weighted by molar-refractivity contribution is 7.91. The molecule has 0 amide bonds. The van der Waals surface area contributed by atoms with Crippen LogP contribution < -0.4 is 5.76 Å². The maximum Gasteiger partial charge on any atom is 0.421 e. The van der Waals surface area contributed by atoms with E-state index in [4.69, 9.17) is 4.42 Å². The summed E-state index contributed by atoms with van der Waals surface area (Å²) in [4.78, 5) is 14.2. The number of aryl methyl sites for hydroxylation is 1. The molecule has 1 aromatic carbocycles. The third-order valence-corrected chi connectivity index (χ3v) is 7.16. The van der Waals surface area contributed by atoms with Crippen molar-refractivity contribution in [3.8, 4) is 0 Å². The monoisotopic (exact) mass is 404 g/mol. The maximum atomic E-state index is 12.2. The molecule has 0 bridgehead atoms. The molecule has 0 saturated carbocycles. The summed E-state index contributed by atoms with van der Waals surface area (Å²) in [6.07, 6.45) is 0.607. The van der Waals surface area contributed by atoms with Crippen LogP contribution in [0, 0.1) is 13.8 Å². The number of sulfone groups is 1. The van der Waals surface area contributed by atoms with Gasteiger partial charge >= 0.3 is 5.76 Å². The van der Waals surface area contributed by atoms with Crippen LogP contribution in [0.4, 0.5) is 0 Å². The number of nitrogens with zero attached hydrogens (tertiary/aromatic N) is 4. The van der Waals surface area contributed by atoms with Crippen LogP contribution in [0.25, 0.3) is 11.1 Å². The lowest BCUT2D eigenvalue weighted by molar-refractivity contribution is 0.252. The van der Waals surface area contributed by atoms with E-state index in [2.05, 4.69) is 5.10 Å². The van der Waals surface area contributed by atoms with E-state index in [1.54, 1.807) is 10.6 Å². The van der Waals surface area contributed by atoms with Gasteiger partial charge in [0.25, 0.3) is 0 Å². The second-order valence-corrected chi connectivity index (χ2v) is 9.80. The highest BCUT2D eigenvalue weighted by Crippen LogP contribution is 2.27. The Labute approximate surface area is 163 Å². The minimum absolute atomic E-state index is 0.0943. The van der Waals surface area contributed by atoms with Gasteiger partial charge in [0, 0.05) is 17.8 Å². The highest BCUT2D eigenvalue weighted by atomic mass is 32.2. The smallest absolute Gasteiger partial charge is 0.408 e. The molecule has 150 valence electrons. The Bertz CT molecular complexity index is 1190. The first kappa shape index (κ1) is 18.9. The van der Waals surface area contributed by atoms with E-state index in [0.29, 0.717) is 25.2 Å². The number of rotatable bonds is 5. The summed E-state index contributed by atoms with van der Waals surface area (Å²) in [6, 6.07) is 7.26. The molecular weight excluding hydrogens is 380 g/mol. The zero-order valence-corrected chi connectivity index (χ0v) is 17.1. The van der Waals surface area contributed by atoms with E-state index in [1.807, 2.05) is 48.7 Å². The first-order valence-corrected chi connectivity index (χ1v) is 11.1. The van der Waals surface area contributed by atoms with Crippen molar-refractivity contribution in [1.82, 2.24) is 19.2 Å². The third-order valence-electron chi connectivity index (χ3n) is 5.41. The highest BCUT2D eigenvalue weighted by Gasteiger charge is 2.31. The Morgan fingerprint density at radius 2 is 2.04 bits per heavy atom. The van der Waals surface area contributed by atoms with Crippen molar-refractivity contribution in [2.75, 3.05) is 18.6 Å². The van der Waals surface area contributed by atoms with E-state index in [-0.39, 0.29) is 23.3 Å². The van der Waals surface area contributed by atoms with E-state index in [0.717, 1.165) is 22.5 Å². The van der Waals surface area contributed by atoms with Crippen molar-refractivity contribution in [3.63, 3.8) is 0 Å². The fourth-order valence-corrected chi connectivity index (χ4v) is 5.65. The number of oxazole rings is 1. The SMILES string of the molecule is Cc1nn(C2CCS(=O)(=O)C2)c(C)c1CN(C)Cn1c(=O)oc2ccccc21. The van der Waals surface area contributed by atoms with Crippen LogP contribution in [0.15, 0.2) is 33.5 Å². The Kier molecular flexibility index (Phi) is 4.67. The molecule has 1 fully saturated rings. The number of para-hydroxylation sites is 2. The van der Waals surface area contributed by atoms with Gasteiger partial charge in [0.1, 0.15) is 0 Å². The van der Waals surface area contributed by atoms with Crippen LogP contribution in [0.2, 0.25) is 0 Å². The molecule has 1 aliphatic heterocycles. The molecule has 2 aromatic heterocycles. The Balaban J connectivity index is 1.56. The summed E-state index contributed by atoms with van der Waals surface area (Å²) in [7, 11) is -1.03. The first-order valence-electron chi connectivity index (χ1n) is 9.27. The van der Waals surface area contributed by atoms with E-state index >= 15 is 0 Å². The average molecular weight is 404 g/mol. The second kappa shape index (κ2) is 6.89. The number of fused-ring (bicyclic) bond motifs is 1. The van der Waals surface area contributed by atoms with Gasteiger partial charge in [-0.25, -0.2) is 13.2 Å². The summed E-state index contributed by atoms with van der Waals surface area (Å²) >= 11 is 0.